The van der Waals surface area contributed by atoms with Crippen LogP contribution < -0.4 is 10.9 Å². The van der Waals surface area contributed by atoms with Gasteiger partial charge in [-0.2, -0.15) is 0 Å². The van der Waals surface area contributed by atoms with Crippen LogP contribution in [0.1, 0.15) is 19.8 Å². The molecule has 2 heterocycles. The molecule has 0 aliphatic heterocycles. The van der Waals surface area contributed by atoms with Gasteiger partial charge in [0.25, 0.3) is 11.1 Å². The van der Waals surface area contributed by atoms with Crippen LogP contribution in [0, 0.1) is 0 Å². The normalized spacial score (nSPS) is 10.9. The summed E-state index contributed by atoms with van der Waals surface area (Å²) >= 11 is 0. The van der Waals surface area contributed by atoms with E-state index in [1.54, 1.807) is 0 Å². The maximum absolute atomic E-state index is 12.5. The Hall–Kier alpha value is -2.96. The quantitative estimate of drug-likeness (QED) is 0.748. The first-order valence-corrected chi connectivity index (χ1v) is 7.87. The van der Waals surface area contributed by atoms with Crippen LogP contribution >= 0.6 is 0 Å². The highest BCUT2D eigenvalue weighted by atomic mass is 16.5. The van der Waals surface area contributed by atoms with Crippen LogP contribution in [0.3, 0.4) is 0 Å². The number of carbonyl (C=O) groups is 1. The van der Waals surface area contributed by atoms with E-state index in [-0.39, 0.29) is 30.0 Å². The van der Waals surface area contributed by atoms with Crippen molar-refractivity contribution in [1.82, 2.24) is 20.0 Å². The summed E-state index contributed by atoms with van der Waals surface area (Å²) in [7, 11) is 0. The molecule has 1 N–H and O–H groups in total. The lowest BCUT2D eigenvalue weighted by Crippen LogP contribution is -2.27. The number of amides is 1. The minimum atomic E-state index is -0.335. The maximum atomic E-state index is 12.5. The lowest BCUT2D eigenvalue weighted by atomic mass is 10.1. The molecule has 2 aromatic heterocycles. The van der Waals surface area contributed by atoms with Gasteiger partial charge in [-0.05, 0) is 6.42 Å². The van der Waals surface area contributed by atoms with Gasteiger partial charge in [-0.25, -0.2) is 4.98 Å². The number of aryl methyl sites for hydroxylation is 1. The van der Waals surface area contributed by atoms with E-state index >= 15 is 0 Å². The Kier molecular flexibility index (Phi) is 4.69. The van der Waals surface area contributed by atoms with Gasteiger partial charge >= 0.3 is 0 Å². The first-order valence-electron chi connectivity index (χ1n) is 7.87. The third-order valence-electron chi connectivity index (χ3n) is 3.65. The first-order chi connectivity index (χ1) is 11.7. The van der Waals surface area contributed by atoms with E-state index < -0.39 is 0 Å². The van der Waals surface area contributed by atoms with Gasteiger partial charge in [0.05, 0.1) is 6.33 Å². The Morgan fingerprint density at radius 1 is 1.29 bits per heavy atom. The molecule has 0 radical (unpaired) electrons. The molecule has 1 amide bonds. The van der Waals surface area contributed by atoms with Crippen LogP contribution in [0.2, 0.25) is 0 Å². The number of aromatic nitrogens is 3. The zero-order chi connectivity index (χ0) is 16.9. The average Bonchev–Trinajstić information content (AvgIpc) is 3.05. The van der Waals surface area contributed by atoms with E-state index in [2.05, 4.69) is 15.5 Å². The Morgan fingerprint density at radius 3 is 2.83 bits per heavy atom. The van der Waals surface area contributed by atoms with Gasteiger partial charge < -0.3 is 9.84 Å². The molecule has 0 spiro atoms. The predicted molar refractivity (Wildman–Crippen MR) is 89.4 cm³/mol. The highest BCUT2D eigenvalue weighted by molar-refractivity contribution is 5.87. The number of nitrogens with one attached hydrogen (secondary N) is 1. The second-order valence-electron chi connectivity index (χ2n) is 5.42. The van der Waals surface area contributed by atoms with Crippen LogP contribution in [-0.4, -0.2) is 27.2 Å². The lowest BCUT2D eigenvalue weighted by Gasteiger charge is -2.05. The number of hydrogen-bond acceptors (Lipinski definition) is 5. The standard InChI is InChI=1S/C17H18N4O3/c1-2-9-18-13(22)8-10-21-11-19-15-14(12-6-4-3-5-7-12)20-24-16(15)17(21)23/h3-7,11H,2,8-10H2,1H3,(H,18,22). The molecule has 0 saturated carbocycles. The third-order valence-corrected chi connectivity index (χ3v) is 3.65. The van der Waals surface area contributed by atoms with E-state index in [1.807, 2.05) is 37.3 Å². The lowest BCUT2D eigenvalue weighted by molar-refractivity contribution is -0.121. The second-order valence-corrected chi connectivity index (χ2v) is 5.42. The van der Waals surface area contributed by atoms with Crippen molar-refractivity contribution in [3.05, 3.63) is 47.0 Å². The SMILES string of the molecule is CCCNC(=O)CCn1cnc2c(-c3ccccc3)noc2c1=O. The fourth-order valence-corrected chi connectivity index (χ4v) is 2.38. The van der Waals surface area contributed by atoms with Crippen molar-refractivity contribution in [1.29, 1.82) is 0 Å². The van der Waals surface area contributed by atoms with Crippen molar-refractivity contribution in [3.63, 3.8) is 0 Å². The van der Waals surface area contributed by atoms with Gasteiger partial charge in [0.2, 0.25) is 5.91 Å². The van der Waals surface area contributed by atoms with Crippen molar-refractivity contribution in [2.45, 2.75) is 26.3 Å². The summed E-state index contributed by atoms with van der Waals surface area (Å²) in [5, 5.41) is 6.75. The summed E-state index contributed by atoms with van der Waals surface area (Å²) < 4.78 is 6.57. The van der Waals surface area contributed by atoms with E-state index in [0.717, 1.165) is 12.0 Å². The fraction of sp³-hybridized carbons (Fsp3) is 0.294. The number of hydrogen-bond donors (Lipinski definition) is 1. The minimum absolute atomic E-state index is 0.0913. The molecule has 0 aliphatic carbocycles. The number of carbonyl (C=O) groups excluding carboxylic acids is 1. The molecule has 7 heteroatoms. The van der Waals surface area contributed by atoms with Crippen LogP contribution in [-0.2, 0) is 11.3 Å². The Bertz CT molecular complexity index is 899. The van der Waals surface area contributed by atoms with Crippen LogP contribution in [0.25, 0.3) is 22.4 Å². The molecule has 0 saturated heterocycles. The molecular weight excluding hydrogens is 308 g/mol. The molecule has 3 aromatic rings. The summed E-state index contributed by atoms with van der Waals surface area (Å²) in [6, 6.07) is 9.42. The second kappa shape index (κ2) is 7.08. The topological polar surface area (TPSA) is 90.0 Å². The van der Waals surface area contributed by atoms with E-state index in [0.29, 0.717) is 17.8 Å². The molecule has 3 rings (SSSR count). The van der Waals surface area contributed by atoms with Crippen LogP contribution in [0.5, 0.6) is 0 Å². The molecular formula is C17H18N4O3. The van der Waals surface area contributed by atoms with E-state index in [4.69, 9.17) is 4.52 Å². The van der Waals surface area contributed by atoms with Crippen molar-refractivity contribution >= 4 is 17.0 Å². The zero-order valence-electron chi connectivity index (χ0n) is 13.4. The summed E-state index contributed by atoms with van der Waals surface area (Å²) in [4.78, 5) is 28.4. The van der Waals surface area contributed by atoms with E-state index in [9.17, 15) is 9.59 Å². The van der Waals surface area contributed by atoms with Crippen LogP contribution in [0.4, 0.5) is 0 Å². The fourth-order valence-electron chi connectivity index (χ4n) is 2.38. The number of benzene rings is 1. The highest BCUT2D eigenvalue weighted by Gasteiger charge is 2.16. The monoisotopic (exact) mass is 326 g/mol. The summed E-state index contributed by atoms with van der Waals surface area (Å²) in [6.07, 6.45) is 2.52. The van der Waals surface area contributed by atoms with Gasteiger partial charge in [-0.3, -0.25) is 14.2 Å². The summed E-state index contributed by atoms with van der Waals surface area (Å²) in [5.41, 5.74) is 1.57. The Balaban J connectivity index is 1.85. The molecule has 0 fully saturated rings. The molecule has 7 nitrogen and oxygen atoms in total. The van der Waals surface area contributed by atoms with Crippen molar-refractivity contribution in [2.24, 2.45) is 0 Å². The molecule has 0 atom stereocenters. The van der Waals surface area contributed by atoms with Gasteiger partial charge in [0.1, 0.15) is 11.2 Å². The first kappa shape index (κ1) is 15.9. The van der Waals surface area contributed by atoms with Gasteiger partial charge in [0.15, 0.2) is 0 Å². The van der Waals surface area contributed by atoms with Gasteiger partial charge in [-0.15, -0.1) is 0 Å². The van der Waals surface area contributed by atoms with Gasteiger partial charge in [-0.1, -0.05) is 42.4 Å². The van der Waals surface area contributed by atoms with Gasteiger partial charge in [0, 0.05) is 25.1 Å². The molecule has 0 bridgehead atoms. The van der Waals surface area contributed by atoms with E-state index in [1.165, 1.54) is 10.9 Å². The molecule has 0 aliphatic rings. The maximum Gasteiger partial charge on any atom is 0.299 e. The third kappa shape index (κ3) is 3.19. The average molecular weight is 326 g/mol. The largest absolute Gasteiger partial charge is 0.356 e. The summed E-state index contributed by atoms with van der Waals surface area (Å²) in [5.74, 6) is -0.0913. The van der Waals surface area contributed by atoms with Crippen LogP contribution in [0.15, 0.2) is 46.0 Å². The molecule has 24 heavy (non-hydrogen) atoms. The molecule has 0 unspecified atom stereocenters. The Labute approximate surface area is 138 Å². The minimum Gasteiger partial charge on any atom is -0.356 e. The van der Waals surface area contributed by atoms with Crippen molar-refractivity contribution in [2.75, 3.05) is 6.54 Å². The number of nitrogens with zero attached hydrogens (tertiary/aromatic N) is 3. The predicted octanol–water partition coefficient (Wildman–Crippen LogP) is 1.97. The number of fused-ring (bicyclic) bond motifs is 1. The molecule has 1 aromatic carbocycles. The van der Waals surface area contributed by atoms with Crippen molar-refractivity contribution in [3.8, 4) is 11.3 Å². The number of rotatable bonds is 6. The van der Waals surface area contributed by atoms with Crippen molar-refractivity contribution < 1.29 is 9.32 Å². The Morgan fingerprint density at radius 2 is 2.08 bits per heavy atom. The smallest absolute Gasteiger partial charge is 0.299 e. The zero-order valence-corrected chi connectivity index (χ0v) is 13.4. The highest BCUT2D eigenvalue weighted by Crippen LogP contribution is 2.23. The molecule has 124 valence electrons. The summed E-state index contributed by atoms with van der Waals surface area (Å²) in [6.45, 7) is 2.86.